The normalized spacial score (nSPS) is 15.0. The highest BCUT2D eigenvalue weighted by molar-refractivity contribution is 6.39. The number of nitrogens with zero attached hydrogens (tertiary/aromatic N) is 2. The van der Waals surface area contributed by atoms with Crippen LogP contribution in [0.25, 0.3) is 0 Å². The van der Waals surface area contributed by atoms with Gasteiger partial charge in [-0.1, -0.05) is 5.16 Å². The molecule has 1 aliphatic rings. The molecule has 3 heterocycles. The van der Waals surface area contributed by atoms with Crippen LogP contribution in [0.15, 0.2) is 39.9 Å². The number of amides is 3. The second-order valence-corrected chi connectivity index (χ2v) is 5.80. The lowest BCUT2D eigenvalue weighted by molar-refractivity contribution is -0.136. The Morgan fingerprint density at radius 1 is 1.16 bits per heavy atom. The molecule has 132 valence electrons. The molecule has 1 aliphatic heterocycles. The highest BCUT2D eigenvalue weighted by atomic mass is 16.5. The summed E-state index contributed by atoms with van der Waals surface area (Å²) in [7, 11) is 0. The summed E-state index contributed by atoms with van der Waals surface area (Å²) in [5, 5.41) is 8.44. The van der Waals surface area contributed by atoms with Crippen molar-refractivity contribution in [2.45, 2.75) is 12.8 Å². The monoisotopic (exact) mass is 346 g/mol. The molecule has 0 saturated carbocycles. The Hall–Kier alpha value is -3.10. The number of anilines is 1. The van der Waals surface area contributed by atoms with E-state index in [9.17, 15) is 14.4 Å². The Balaban J connectivity index is 1.39. The maximum atomic E-state index is 12.2. The molecule has 2 aromatic heterocycles. The van der Waals surface area contributed by atoms with Crippen LogP contribution in [0.5, 0.6) is 0 Å². The Morgan fingerprint density at radius 3 is 2.60 bits per heavy atom. The second-order valence-electron chi connectivity index (χ2n) is 5.80. The molecule has 0 radical (unpaired) electrons. The van der Waals surface area contributed by atoms with Crippen molar-refractivity contribution in [2.75, 3.05) is 25.0 Å². The standard InChI is InChI=1S/C16H18N4O5/c21-14(15(22)18-13-4-8-25-19-13)17-9-11-1-5-20(6-2-11)16(23)12-3-7-24-10-12/h3-4,7-8,10-11H,1-2,5-6,9H2,(H,17,21)(H,18,19,22). The van der Waals surface area contributed by atoms with Crippen LogP contribution in [-0.2, 0) is 9.59 Å². The number of nitrogens with one attached hydrogen (secondary N) is 2. The smallest absolute Gasteiger partial charge is 0.314 e. The highest BCUT2D eigenvalue weighted by Crippen LogP contribution is 2.18. The van der Waals surface area contributed by atoms with Gasteiger partial charge in [0.1, 0.15) is 12.5 Å². The largest absolute Gasteiger partial charge is 0.472 e. The summed E-state index contributed by atoms with van der Waals surface area (Å²) in [6.07, 6.45) is 5.72. The summed E-state index contributed by atoms with van der Waals surface area (Å²) in [5.74, 6) is -1.16. The van der Waals surface area contributed by atoms with Gasteiger partial charge in [0.25, 0.3) is 5.91 Å². The third-order valence-corrected chi connectivity index (χ3v) is 4.11. The Morgan fingerprint density at radius 2 is 1.96 bits per heavy atom. The minimum absolute atomic E-state index is 0.0526. The van der Waals surface area contributed by atoms with Crippen LogP contribution in [-0.4, -0.2) is 47.4 Å². The van der Waals surface area contributed by atoms with Crippen molar-refractivity contribution in [1.82, 2.24) is 15.4 Å². The number of piperidine rings is 1. The van der Waals surface area contributed by atoms with Gasteiger partial charge in [-0.25, -0.2) is 0 Å². The average molecular weight is 346 g/mol. The van der Waals surface area contributed by atoms with E-state index in [1.54, 1.807) is 11.0 Å². The first kappa shape index (κ1) is 16.7. The number of furan rings is 1. The van der Waals surface area contributed by atoms with Crippen molar-refractivity contribution in [1.29, 1.82) is 0 Å². The first-order valence-electron chi connectivity index (χ1n) is 7.94. The molecule has 0 bridgehead atoms. The van der Waals surface area contributed by atoms with Gasteiger partial charge < -0.3 is 19.2 Å². The van der Waals surface area contributed by atoms with E-state index < -0.39 is 11.8 Å². The van der Waals surface area contributed by atoms with Crippen molar-refractivity contribution in [3.63, 3.8) is 0 Å². The van der Waals surface area contributed by atoms with Crippen molar-refractivity contribution in [3.8, 4) is 0 Å². The third-order valence-electron chi connectivity index (χ3n) is 4.11. The van der Waals surface area contributed by atoms with E-state index in [0.29, 0.717) is 25.2 Å². The van der Waals surface area contributed by atoms with Gasteiger partial charge in [-0.2, -0.15) is 0 Å². The second kappa shape index (κ2) is 7.65. The van der Waals surface area contributed by atoms with Crippen molar-refractivity contribution < 1.29 is 23.3 Å². The van der Waals surface area contributed by atoms with Crippen LogP contribution < -0.4 is 10.6 Å². The number of carbonyl (C=O) groups is 3. The number of hydrogen-bond donors (Lipinski definition) is 2. The summed E-state index contributed by atoms with van der Waals surface area (Å²) < 4.78 is 9.50. The predicted molar refractivity (Wildman–Crippen MR) is 85.5 cm³/mol. The molecule has 0 aliphatic carbocycles. The van der Waals surface area contributed by atoms with Crippen LogP contribution >= 0.6 is 0 Å². The van der Waals surface area contributed by atoms with E-state index in [1.807, 2.05) is 0 Å². The maximum Gasteiger partial charge on any atom is 0.314 e. The van der Waals surface area contributed by atoms with E-state index in [1.165, 1.54) is 24.9 Å². The third kappa shape index (κ3) is 4.25. The molecule has 1 saturated heterocycles. The van der Waals surface area contributed by atoms with Crippen LogP contribution in [0, 0.1) is 5.92 Å². The van der Waals surface area contributed by atoms with Crippen LogP contribution in [0.4, 0.5) is 5.82 Å². The van der Waals surface area contributed by atoms with Gasteiger partial charge in [0.2, 0.25) is 0 Å². The van der Waals surface area contributed by atoms with E-state index in [-0.39, 0.29) is 17.6 Å². The fraction of sp³-hybridized carbons (Fsp3) is 0.375. The fourth-order valence-electron chi connectivity index (χ4n) is 2.68. The van der Waals surface area contributed by atoms with Crippen LogP contribution in [0.3, 0.4) is 0 Å². The molecule has 1 fully saturated rings. The molecule has 3 amide bonds. The highest BCUT2D eigenvalue weighted by Gasteiger charge is 2.25. The van der Waals surface area contributed by atoms with Gasteiger partial charge in [-0.05, 0) is 24.8 Å². The van der Waals surface area contributed by atoms with E-state index in [4.69, 9.17) is 4.42 Å². The van der Waals surface area contributed by atoms with E-state index >= 15 is 0 Å². The molecule has 2 N–H and O–H groups in total. The zero-order valence-corrected chi connectivity index (χ0v) is 13.4. The Kier molecular flexibility index (Phi) is 5.12. The first-order valence-corrected chi connectivity index (χ1v) is 7.94. The van der Waals surface area contributed by atoms with Crippen molar-refractivity contribution in [3.05, 3.63) is 36.5 Å². The quantitative estimate of drug-likeness (QED) is 0.793. The topological polar surface area (TPSA) is 118 Å². The maximum absolute atomic E-state index is 12.2. The lowest BCUT2D eigenvalue weighted by Gasteiger charge is -2.31. The SMILES string of the molecule is O=C(NCC1CCN(C(=O)c2ccoc2)CC1)C(=O)Nc1ccon1. The fourth-order valence-corrected chi connectivity index (χ4v) is 2.68. The molecule has 25 heavy (non-hydrogen) atoms. The molecule has 3 rings (SSSR count). The number of aromatic nitrogens is 1. The van der Waals surface area contributed by atoms with Crippen molar-refractivity contribution >= 4 is 23.5 Å². The molecule has 0 aromatic carbocycles. The minimum Gasteiger partial charge on any atom is -0.472 e. The molecule has 9 heteroatoms. The number of rotatable bonds is 4. The van der Waals surface area contributed by atoms with Gasteiger partial charge in [-0.3, -0.25) is 19.7 Å². The van der Waals surface area contributed by atoms with Gasteiger partial charge in [-0.15, -0.1) is 0 Å². The Bertz CT molecular complexity index is 718. The van der Waals surface area contributed by atoms with Crippen LogP contribution in [0.2, 0.25) is 0 Å². The number of likely N-dealkylation sites (tertiary alicyclic amines) is 1. The molecule has 0 unspecified atom stereocenters. The van der Waals surface area contributed by atoms with Gasteiger partial charge in [0.15, 0.2) is 5.82 Å². The number of hydrogen-bond acceptors (Lipinski definition) is 6. The summed E-state index contributed by atoms with van der Waals surface area (Å²) in [4.78, 5) is 37.4. The predicted octanol–water partition coefficient (Wildman–Crippen LogP) is 0.875. The molecule has 9 nitrogen and oxygen atoms in total. The molecular weight excluding hydrogens is 328 g/mol. The zero-order valence-electron chi connectivity index (χ0n) is 13.4. The Labute approximate surface area is 143 Å². The van der Waals surface area contributed by atoms with Gasteiger partial charge in [0, 0.05) is 25.7 Å². The first-order chi connectivity index (χ1) is 12.1. The van der Waals surface area contributed by atoms with Crippen LogP contribution in [0.1, 0.15) is 23.2 Å². The lowest BCUT2D eigenvalue weighted by atomic mass is 9.96. The number of carbonyl (C=O) groups excluding carboxylic acids is 3. The van der Waals surface area contributed by atoms with Gasteiger partial charge in [0.05, 0.1) is 11.8 Å². The summed E-state index contributed by atoms with van der Waals surface area (Å²) in [5.41, 5.74) is 0.538. The van der Waals surface area contributed by atoms with Crippen molar-refractivity contribution in [2.24, 2.45) is 5.92 Å². The lowest BCUT2D eigenvalue weighted by Crippen LogP contribution is -2.43. The van der Waals surface area contributed by atoms with E-state index in [0.717, 1.165) is 12.8 Å². The summed E-state index contributed by atoms with van der Waals surface area (Å²) in [6, 6.07) is 3.08. The summed E-state index contributed by atoms with van der Waals surface area (Å²) in [6.45, 7) is 1.60. The van der Waals surface area contributed by atoms with Gasteiger partial charge >= 0.3 is 11.8 Å². The van der Waals surface area contributed by atoms with E-state index in [2.05, 4.69) is 20.3 Å². The molecule has 0 spiro atoms. The summed E-state index contributed by atoms with van der Waals surface area (Å²) >= 11 is 0. The average Bonchev–Trinajstić information content (AvgIpc) is 3.33. The zero-order chi connectivity index (χ0) is 17.6. The molecule has 2 aromatic rings. The molecule has 0 atom stereocenters. The minimum atomic E-state index is -0.790. The molecular formula is C16H18N4O5.